The molecule has 0 spiro atoms. The zero-order valence-corrected chi connectivity index (χ0v) is 11.2. The molecule has 3 nitrogen and oxygen atoms in total. The van der Waals surface area contributed by atoms with Crippen LogP contribution in [0.4, 0.5) is 17.6 Å². The zero-order chi connectivity index (χ0) is 16.3. The van der Waals surface area contributed by atoms with E-state index in [-0.39, 0.29) is 11.3 Å². The van der Waals surface area contributed by atoms with Gasteiger partial charge in [-0.05, 0) is 31.2 Å². The van der Waals surface area contributed by atoms with Gasteiger partial charge in [0.05, 0.1) is 11.3 Å². The SMILES string of the molecule is C/C(=N\OC(=O)c1ccc(F)cc1F)c1ccc(F)cc1F. The lowest BCUT2D eigenvalue weighted by Crippen LogP contribution is -2.07. The quantitative estimate of drug-likeness (QED) is 0.374. The Balaban J connectivity index is 2.18. The van der Waals surface area contributed by atoms with E-state index in [9.17, 15) is 22.4 Å². The second kappa shape index (κ2) is 6.38. The second-order valence-electron chi connectivity index (χ2n) is 4.30. The molecule has 0 fully saturated rings. The Kier molecular flexibility index (Phi) is 4.55. The van der Waals surface area contributed by atoms with Gasteiger partial charge in [-0.3, -0.25) is 0 Å². The summed E-state index contributed by atoms with van der Waals surface area (Å²) >= 11 is 0. The van der Waals surface area contributed by atoms with Crippen molar-refractivity contribution in [1.82, 2.24) is 0 Å². The van der Waals surface area contributed by atoms with Crippen LogP contribution in [0.25, 0.3) is 0 Å². The molecule has 0 aliphatic rings. The maximum Gasteiger partial charge on any atom is 0.368 e. The van der Waals surface area contributed by atoms with Crippen LogP contribution in [0, 0.1) is 23.3 Å². The fourth-order valence-corrected chi connectivity index (χ4v) is 1.65. The first-order chi connectivity index (χ1) is 10.4. The highest BCUT2D eigenvalue weighted by atomic mass is 19.1. The lowest BCUT2D eigenvalue weighted by atomic mass is 10.1. The molecule has 0 amide bonds. The number of halogens is 4. The molecule has 0 saturated heterocycles. The summed E-state index contributed by atoms with van der Waals surface area (Å²) in [7, 11) is 0. The highest BCUT2D eigenvalue weighted by Crippen LogP contribution is 2.13. The van der Waals surface area contributed by atoms with E-state index < -0.39 is 34.8 Å². The van der Waals surface area contributed by atoms with Gasteiger partial charge in [0.2, 0.25) is 0 Å². The van der Waals surface area contributed by atoms with Crippen LogP contribution in [0.5, 0.6) is 0 Å². The van der Waals surface area contributed by atoms with Crippen molar-refractivity contribution in [3.8, 4) is 0 Å². The van der Waals surface area contributed by atoms with Crippen LogP contribution in [0.15, 0.2) is 41.6 Å². The maximum absolute atomic E-state index is 13.5. The third kappa shape index (κ3) is 3.49. The van der Waals surface area contributed by atoms with E-state index in [1.54, 1.807) is 0 Å². The van der Waals surface area contributed by atoms with Crippen molar-refractivity contribution in [2.24, 2.45) is 5.16 Å². The summed E-state index contributed by atoms with van der Waals surface area (Å²) in [4.78, 5) is 16.1. The van der Waals surface area contributed by atoms with Crippen LogP contribution in [0.3, 0.4) is 0 Å². The number of rotatable bonds is 3. The van der Waals surface area contributed by atoms with E-state index in [0.717, 1.165) is 24.3 Å². The van der Waals surface area contributed by atoms with E-state index >= 15 is 0 Å². The highest BCUT2D eigenvalue weighted by molar-refractivity contribution is 5.99. The Hall–Kier alpha value is -2.70. The Morgan fingerprint density at radius 1 is 0.909 bits per heavy atom. The minimum Gasteiger partial charge on any atom is -0.312 e. The maximum atomic E-state index is 13.5. The minimum absolute atomic E-state index is 0.0478. The first-order valence-electron chi connectivity index (χ1n) is 6.05. The molecule has 0 aliphatic heterocycles. The van der Waals surface area contributed by atoms with E-state index in [1.165, 1.54) is 6.92 Å². The Morgan fingerprint density at radius 3 is 1.91 bits per heavy atom. The average molecular weight is 311 g/mol. The normalized spacial score (nSPS) is 11.4. The number of oxime groups is 1. The number of nitrogens with zero attached hydrogens (tertiary/aromatic N) is 1. The van der Waals surface area contributed by atoms with Gasteiger partial charge in [-0.25, -0.2) is 22.4 Å². The molecule has 0 aromatic heterocycles. The summed E-state index contributed by atoms with van der Waals surface area (Å²) in [5.74, 6) is -4.77. The largest absolute Gasteiger partial charge is 0.368 e. The monoisotopic (exact) mass is 311 g/mol. The van der Waals surface area contributed by atoms with Crippen molar-refractivity contribution >= 4 is 11.7 Å². The summed E-state index contributed by atoms with van der Waals surface area (Å²) in [5, 5.41) is 3.37. The smallest absolute Gasteiger partial charge is 0.312 e. The predicted molar refractivity (Wildman–Crippen MR) is 70.3 cm³/mol. The lowest BCUT2D eigenvalue weighted by molar-refractivity contribution is 0.0511. The van der Waals surface area contributed by atoms with Crippen LogP contribution in [-0.2, 0) is 4.84 Å². The second-order valence-corrected chi connectivity index (χ2v) is 4.30. The van der Waals surface area contributed by atoms with Crippen molar-refractivity contribution in [3.05, 3.63) is 70.8 Å². The molecule has 2 aromatic rings. The first-order valence-corrected chi connectivity index (χ1v) is 6.05. The van der Waals surface area contributed by atoms with Crippen LogP contribution in [-0.4, -0.2) is 11.7 Å². The van der Waals surface area contributed by atoms with Crippen molar-refractivity contribution in [1.29, 1.82) is 0 Å². The summed E-state index contributed by atoms with van der Waals surface area (Å²) in [6, 6.07) is 5.09. The summed E-state index contributed by atoms with van der Waals surface area (Å²) < 4.78 is 52.4. The van der Waals surface area contributed by atoms with Gasteiger partial charge in [-0.15, -0.1) is 0 Å². The van der Waals surface area contributed by atoms with Gasteiger partial charge in [-0.2, -0.15) is 0 Å². The molecule has 114 valence electrons. The fourth-order valence-electron chi connectivity index (χ4n) is 1.65. The molecular weight excluding hydrogens is 302 g/mol. The van der Waals surface area contributed by atoms with Crippen LogP contribution < -0.4 is 0 Å². The fraction of sp³-hybridized carbons (Fsp3) is 0.0667. The predicted octanol–water partition coefficient (Wildman–Crippen LogP) is 3.82. The van der Waals surface area contributed by atoms with Gasteiger partial charge in [0.15, 0.2) is 0 Å². The number of hydrogen-bond donors (Lipinski definition) is 0. The van der Waals surface area contributed by atoms with Gasteiger partial charge in [-0.1, -0.05) is 5.16 Å². The highest BCUT2D eigenvalue weighted by Gasteiger charge is 2.15. The third-order valence-electron chi connectivity index (χ3n) is 2.74. The molecule has 2 aromatic carbocycles. The van der Waals surface area contributed by atoms with E-state index in [0.29, 0.717) is 12.1 Å². The van der Waals surface area contributed by atoms with Gasteiger partial charge < -0.3 is 4.84 Å². The molecule has 0 atom stereocenters. The van der Waals surface area contributed by atoms with Crippen LogP contribution in [0.1, 0.15) is 22.8 Å². The number of carbonyl (C=O) groups is 1. The van der Waals surface area contributed by atoms with Gasteiger partial charge in [0.25, 0.3) is 0 Å². The Morgan fingerprint density at radius 2 is 1.41 bits per heavy atom. The molecule has 0 unspecified atom stereocenters. The van der Waals surface area contributed by atoms with Crippen molar-refractivity contribution in [2.45, 2.75) is 6.92 Å². The summed E-state index contributed by atoms with van der Waals surface area (Å²) in [6.07, 6.45) is 0. The molecular formula is C15H9F4NO2. The van der Waals surface area contributed by atoms with Crippen LogP contribution in [0.2, 0.25) is 0 Å². The van der Waals surface area contributed by atoms with E-state index in [2.05, 4.69) is 9.99 Å². The molecule has 0 radical (unpaired) electrons. The molecule has 0 heterocycles. The van der Waals surface area contributed by atoms with Gasteiger partial charge in [0.1, 0.15) is 23.3 Å². The number of hydrogen-bond acceptors (Lipinski definition) is 3. The summed E-state index contributed by atoms with van der Waals surface area (Å²) in [6.45, 7) is 1.32. The van der Waals surface area contributed by atoms with Crippen molar-refractivity contribution in [3.63, 3.8) is 0 Å². The summed E-state index contributed by atoms with van der Waals surface area (Å²) in [5.41, 5.74) is -0.639. The van der Waals surface area contributed by atoms with Crippen LogP contribution >= 0.6 is 0 Å². The average Bonchev–Trinajstić information content (AvgIpc) is 2.44. The molecule has 2 rings (SSSR count). The van der Waals surface area contributed by atoms with Gasteiger partial charge in [0, 0.05) is 17.7 Å². The Labute approximate surface area is 122 Å². The lowest BCUT2D eigenvalue weighted by Gasteiger charge is -2.03. The molecule has 7 heteroatoms. The standard InChI is InChI=1S/C15H9F4NO2/c1-8(11-4-2-9(16)6-13(11)18)20-22-15(21)12-5-3-10(17)7-14(12)19/h2-7H,1H3/b20-8+. The third-order valence-corrected chi connectivity index (χ3v) is 2.74. The van der Waals surface area contributed by atoms with Crippen molar-refractivity contribution in [2.75, 3.05) is 0 Å². The Bertz CT molecular complexity index is 759. The van der Waals surface area contributed by atoms with E-state index in [4.69, 9.17) is 0 Å². The molecule has 0 bridgehead atoms. The first kappa shape index (κ1) is 15.7. The molecule has 22 heavy (non-hydrogen) atoms. The zero-order valence-electron chi connectivity index (χ0n) is 11.2. The minimum atomic E-state index is -1.17. The van der Waals surface area contributed by atoms with Gasteiger partial charge >= 0.3 is 5.97 Å². The van der Waals surface area contributed by atoms with Crippen molar-refractivity contribution < 1.29 is 27.2 Å². The number of benzene rings is 2. The molecule has 0 aliphatic carbocycles. The molecule has 0 N–H and O–H groups in total. The molecule has 0 saturated carbocycles. The topological polar surface area (TPSA) is 38.7 Å². The van der Waals surface area contributed by atoms with E-state index in [1.807, 2.05) is 0 Å². The number of carbonyl (C=O) groups excluding carboxylic acids is 1.